The second-order valence-corrected chi connectivity index (χ2v) is 6.82. The Bertz CT molecular complexity index is 1150. The average molecular weight is 382 g/mol. The van der Waals surface area contributed by atoms with Gasteiger partial charge in [0.25, 0.3) is 5.69 Å². The monoisotopic (exact) mass is 381 g/mol. The summed E-state index contributed by atoms with van der Waals surface area (Å²) in [4.78, 5) is 21.0. The van der Waals surface area contributed by atoms with Crippen LogP contribution < -0.4 is 9.81 Å². The molecule has 0 saturated carbocycles. The third-order valence-electron chi connectivity index (χ3n) is 3.21. The summed E-state index contributed by atoms with van der Waals surface area (Å²) in [5.74, 6) is -0.244. The lowest BCUT2D eigenvalue weighted by atomic mass is 10.2. The fourth-order valence-electron chi connectivity index (χ4n) is 2.04. The van der Waals surface area contributed by atoms with Crippen molar-refractivity contribution in [2.24, 2.45) is 0 Å². The Balaban J connectivity index is 1.98. The van der Waals surface area contributed by atoms with Gasteiger partial charge in [0.1, 0.15) is 10.5 Å². The van der Waals surface area contributed by atoms with E-state index in [0.29, 0.717) is 5.39 Å². The van der Waals surface area contributed by atoms with Gasteiger partial charge in [0.05, 0.1) is 9.95 Å². The number of halogens is 1. The summed E-state index contributed by atoms with van der Waals surface area (Å²) >= 11 is 5.84. The summed E-state index contributed by atoms with van der Waals surface area (Å²) < 4.78 is 34.6. The normalized spacial score (nSPS) is 11.4. The number of rotatable bonds is 4. The van der Waals surface area contributed by atoms with Gasteiger partial charge in [-0.2, -0.15) is 8.42 Å². The lowest BCUT2D eigenvalue weighted by Gasteiger charge is -2.09. The molecule has 0 unspecified atom stereocenters. The van der Waals surface area contributed by atoms with E-state index in [4.69, 9.17) is 20.2 Å². The maximum atomic E-state index is 12.4. The number of nitro groups is 1. The molecule has 25 heavy (non-hydrogen) atoms. The molecule has 0 aliphatic heterocycles. The molecule has 0 atom stereocenters. The van der Waals surface area contributed by atoms with Gasteiger partial charge in [0.15, 0.2) is 5.75 Å². The summed E-state index contributed by atoms with van der Waals surface area (Å²) in [6.45, 7) is 0. The predicted molar refractivity (Wildman–Crippen MR) is 88.4 cm³/mol. The van der Waals surface area contributed by atoms with Crippen molar-refractivity contribution in [2.75, 3.05) is 0 Å². The average Bonchev–Trinajstić information content (AvgIpc) is 2.55. The Morgan fingerprint density at radius 3 is 2.52 bits per heavy atom. The molecule has 0 aliphatic rings. The van der Waals surface area contributed by atoms with Crippen LogP contribution >= 0.6 is 11.6 Å². The second-order valence-electron chi connectivity index (χ2n) is 4.86. The van der Waals surface area contributed by atoms with Gasteiger partial charge in [-0.05, 0) is 30.3 Å². The van der Waals surface area contributed by atoms with Gasteiger partial charge < -0.3 is 8.60 Å². The van der Waals surface area contributed by atoms with Crippen molar-refractivity contribution < 1.29 is 21.9 Å². The maximum absolute atomic E-state index is 12.4. The minimum absolute atomic E-state index is 0.191. The summed E-state index contributed by atoms with van der Waals surface area (Å²) in [6, 6.07) is 9.54. The zero-order valence-corrected chi connectivity index (χ0v) is 13.8. The Labute approximate surface area is 145 Å². The van der Waals surface area contributed by atoms with Crippen LogP contribution in [0, 0.1) is 10.1 Å². The molecule has 1 heterocycles. The fraction of sp³-hybridized carbons (Fsp3) is 0. The number of hydrogen-bond acceptors (Lipinski definition) is 7. The third-order valence-corrected chi connectivity index (χ3v) is 4.73. The molecule has 0 fully saturated rings. The van der Waals surface area contributed by atoms with E-state index >= 15 is 0 Å². The molecule has 2 aromatic carbocycles. The highest BCUT2D eigenvalue weighted by Crippen LogP contribution is 2.31. The van der Waals surface area contributed by atoms with Crippen LogP contribution in [0.5, 0.6) is 5.75 Å². The van der Waals surface area contributed by atoms with Crippen molar-refractivity contribution in [1.82, 2.24) is 0 Å². The lowest BCUT2D eigenvalue weighted by Crippen LogP contribution is -2.10. The first-order chi connectivity index (χ1) is 11.8. The van der Waals surface area contributed by atoms with Crippen LogP contribution in [0.3, 0.4) is 0 Å². The molecule has 0 radical (unpaired) electrons. The number of nitro benzene ring substituents is 1. The minimum atomic E-state index is -4.24. The van der Waals surface area contributed by atoms with Gasteiger partial charge in [-0.15, -0.1) is 0 Å². The van der Waals surface area contributed by atoms with Gasteiger partial charge in [-0.3, -0.25) is 10.1 Å². The van der Waals surface area contributed by atoms with Crippen LogP contribution in [0.4, 0.5) is 5.69 Å². The molecule has 8 nitrogen and oxygen atoms in total. The topological polar surface area (TPSA) is 117 Å². The number of fused-ring (bicyclic) bond motifs is 1. The van der Waals surface area contributed by atoms with Gasteiger partial charge in [0.2, 0.25) is 0 Å². The molecular weight excluding hydrogens is 374 g/mol. The lowest BCUT2D eigenvalue weighted by molar-refractivity contribution is -0.384. The summed E-state index contributed by atoms with van der Waals surface area (Å²) in [5, 5.41) is 10.8. The van der Waals surface area contributed by atoms with E-state index in [1.54, 1.807) is 0 Å². The first-order valence-electron chi connectivity index (χ1n) is 6.69. The number of nitrogens with zero attached hydrogens (tertiary/aromatic N) is 1. The van der Waals surface area contributed by atoms with Crippen molar-refractivity contribution in [2.45, 2.75) is 4.90 Å². The quantitative estimate of drug-likeness (QED) is 0.295. The minimum Gasteiger partial charge on any atom is -0.423 e. The first kappa shape index (κ1) is 16.9. The van der Waals surface area contributed by atoms with Crippen LogP contribution in [-0.4, -0.2) is 13.3 Å². The standard InChI is InChI=1S/C15H8ClNO7S/c16-12-8-10(17(19)20)2-4-14(12)24-25(21,22)11-3-5-13-9(7-11)1-6-15(18)23-13/h1-8H. The highest BCUT2D eigenvalue weighted by atomic mass is 35.5. The summed E-state index contributed by atoms with van der Waals surface area (Å²) in [6.07, 6.45) is 0. The van der Waals surface area contributed by atoms with Crippen molar-refractivity contribution in [3.05, 3.63) is 74.1 Å². The van der Waals surface area contributed by atoms with Gasteiger partial charge in [0, 0.05) is 23.6 Å². The van der Waals surface area contributed by atoms with Crippen LogP contribution in [0.15, 0.2) is 62.6 Å². The summed E-state index contributed by atoms with van der Waals surface area (Å²) in [5.41, 5.74) is -0.632. The molecule has 3 aromatic rings. The van der Waals surface area contributed by atoms with Gasteiger partial charge in [-0.1, -0.05) is 11.6 Å². The van der Waals surface area contributed by atoms with Crippen molar-refractivity contribution in [3.8, 4) is 5.75 Å². The van der Waals surface area contributed by atoms with Crippen molar-refractivity contribution >= 4 is 38.4 Å². The van der Waals surface area contributed by atoms with Crippen molar-refractivity contribution in [1.29, 1.82) is 0 Å². The Hall–Kier alpha value is -2.91. The third kappa shape index (κ3) is 3.47. The highest BCUT2D eigenvalue weighted by molar-refractivity contribution is 7.87. The number of non-ortho nitro benzene ring substituents is 1. The Morgan fingerprint density at radius 2 is 1.84 bits per heavy atom. The van der Waals surface area contributed by atoms with Crippen LogP contribution in [0.1, 0.15) is 0 Å². The smallest absolute Gasteiger partial charge is 0.339 e. The van der Waals surface area contributed by atoms with E-state index in [1.165, 1.54) is 24.3 Å². The molecule has 1 aromatic heterocycles. The molecule has 0 amide bonds. The maximum Gasteiger partial charge on any atom is 0.339 e. The zero-order valence-electron chi connectivity index (χ0n) is 12.2. The summed E-state index contributed by atoms with van der Waals surface area (Å²) in [7, 11) is -4.24. The SMILES string of the molecule is O=c1ccc2cc(S(=O)(=O)Oc3ccc([N+](=O)[O-])cc3Cl)ccc2o1. The largest absolute Gasteiger partial charge is 0.423 e. The van der Waals surface area contributed by atoms with Crippen LogP contribution in [-0.2, 0) is 10.1 Å². The van der Waals surface area contributed by atoms with Crippen molar-refractivity contribution in [3.63, 3.8) is 0 Å². The zero-order chi connectivity index (χ0) is 18.2. The number of benzene rings is 2. The molecule has 0 spiro atoms. The molecular formula is C15H8ClNO7S. The van der Waals surface area contributed by atoms with Crippen LogP contribution in [0.25, 0.3) is 11.0 Å². The molecule has 128 valence electrons. The van der Waals surface area contributed by atoms with E-state index in [1.807, 2.05) is 0 Å². The van der Waals surface area contributed by atoms with Gasteiger partial charge in [-0.25, -0.2) is 4.79 Å². The first-order valence-corrected chi connectivity index (χ1v) is 8.47. The Kier molecular flexibility index (Phi) is 4.19. The van der Waals surface area contributed by atoms with E-state index in [2.05, 4.69) is 0 Å². The molecule has 10 heteroatoms. The van der Waals surface area contributed by atoms with E-state index in [0.717, 1.165) is 24.3 Å². The highest BCUT2D eigenvalue weighted by Gasteiger charge is 2.20. The molecule has 0 aliphatic carbocycles. The van der Waals surface area contributed by atoms with E-state index in [-0.39, 0.29) is 26.9 Å². The Morgan fingerprint density at radius 1 is 1.08 bits per heavy atom. The second kappa shape index (κ2) is 6.19. The fourth-order valence-corrected chi connectivity index (χ4v) is 3.29. The molecule has 0 bridgehead atoms. The van der Waals surface area contributed by atoms with E-state index in [9.17, 15) is 23.3 Å². The molecule has 3 rings (SSSR count). The van der Waals surface area contributed by atoms with E-state index < -0.39 is 20.7 Å². The molecule has 0 N–H and O–H groups in total. The predicted octanol–water partition coefficient (Wildman–Crippen LogP) is 3.12. The number of hydrogen-bond donors (Lipinski definition) is 0. The van der Waals surface area contributed by atoms with Gasteiger partial charge >= 0.3 is 15.7 Å². The molecule has 0 saturated heterocycles. The van der Waals surface area contributed by atoms with Crippen LogP contribution in [0.2, 0.25) is 5.02 Å².